The molecular weight excluding hydrogens is 259 g/mol. The summed E-state index contributed by atoms with van der Waals surface area (Å²) in [6.45, 7) is 4.61. The maximum Gasteiger partial charge on any atom is 0.254 e. The molecule has 1 fully saturated rings. The Morgan fingerprint density at radius 3 is 2.90 bits per heavy atom. The number of benzene rings is 1. The van der Waals surface area contributed by atoms with Gasteiger partial charge >= 0.3 is 0 Å². The largest absolute Gasteiger partial charge is 0.376 e. The first-order valence-electron chi connectivity index (χ1n) is 7.03. The van der Waals surface area contributed by atoms with Crippen molar-refractivity contribution in [2.45, 2.75) is 25.9 Å². The van der Waals surface area contributed by atoms with Crippen LogP contribution in [0.2, 0.25) is 0 Å². The lowest BCUT2D eigenvalue weighted by molar-refractivity contribution is 0.0343. The molecular formula is C15H21FN2O2. The Balaban J connectivity index is 1.72. The summed E-state index contributed by atoms with van der Waals surface area (Å²) < 4.78 is 19.3. The number of aryl methyl sites for hydroxylation is 1. The molecule has 20 heavy (non-hydrogen) atoms. The van der Waals surface area contributed by atoms with Gasteiger partial charge in [-0.2, -0.15) is 0 Å². The molecule has 0 spiro atoms. The average molecular weight is 280 g/mol. The predicted octanol–water partition coefficient (Wildman–Crippen LogP) is 1.63. The Bertz CT molecular complexity index is 459. The van der Waals surface area contributed by atoms with Crippen LogP contribution in [-0.4, -0.2) is 38.3 Å². The molecule has 0 bridgehead atoms. The lowest BCUT2D eigenvalue weighted by Gasteiger charge is -2.22. The lowest BCUT2D eigenvalue weighted by Crippen LogP contribution is -2.35. The first-order chi connectivity index (χ1) is 9.66. The standard InChI is InChI=1S/C15H21FN2O2/c1-11-2-3-13(14(16)10-11)15(19)18-8-9-20-12-4-6-17-7-5-12/h2-3,10,12,17H,4-9H2,1H3,(H,18,19). The van der Waals surface area contributed by atoms with Gasteiger partial charge in [0, 0.05) is 6.54 Å². The number of hydrogen-bond acceptors (Lipinski definition) is 3. The van der Waals surface area contributed by atoms with Crippen LogP contribution in [0.25, 0.3) is 0 Å². The maximum atomic E-state index is 13.6. The lowest BCUT2D eigenvalue weighted by atomic mass is 10.1. The van der Waals surface area contributed by atoms with E-state index in [-0.39, 0.29) is 11.7 Å². The molecule has 1 aromatic carbocycles. The Morgan fingerprint density at radius 1 is 1.45 bits per heavy atom. The van der Waals surface area contributed by atoms with Crippen LogP contribution in [0.3, 0.4) is 0 Å². The third-order valence-corrected chi connectivity index (χ3v) is 3.40. The van der Waals surface area contributed by atoms with Gasteiger partial charge in [-0.1, -0.05) is 6.07 Å². The molecule has 2 N–H and O–H groups in total. The molecule has 5 heteroatoms. The summed E-state index contributed by atoms with van der Waals surface area (Å²) in [6.07, 6.45) is 2.27. The second-order valence-corrected chi connectivity index (χ2v) is 5.06. The van der Waals surface area contributed by atoms with Crippen LogP contribution in [-0.2, 0) is 4.74 Å². The molecule has 1 saturated heterocycles. The molecule has 0 saturated carbocycles. The van der Waals surface area contributed by atoms with E-state index in [1.54, 1.807) is 13.0 Å². The van der Waals surface area contributed by atoms with Gasteiger partial charge < -0.3 is 15.4 Å². The first-order valence-corrected chi connectivity index (χ1v) is 7.03. The van der Waals surface area contributed by atoms with Crippen LogP contribution < -0.4 is 10.6 Å². The fourth-order valence-electron chi connectivity index (χ4n) is 2.25. The van der Waals surface area contributed by atoms with Crippen molar-refractivity contribution >= 4 is 5.91 Å². The van der Waals surface area contributed by atoms with Crippen LogP contribution in [0, 0.1) is 12.7 Å². The molecule has 1 amide bonds. The Kier molecular flexibility index (Phi) is 5.49. The van der Waals surface area contributed by atoms with E-state index in [1.807, 2.05) is 0 Å². The number of rotatable bonds is 5. The highest BCUT2D eigenvalue weighted by molar-refractivity contribution is 5.94. The summed E-state index contributed by atoms with van der Waals surface area (Å²) in [7, 11) is 0. The smallest absolute Gasteiger partial charge is 0.254 e. The van der Waals surface area contributed by atoms with Gasteiger partial charge in [-0.15, -0.1) is 0 Å². The Morgan fingerprint density at radius 2 is 2.20 bits per heavy atom. The van der Waals surface area contributed by atoms with Gasteiger partial charge in [-0.25, -0.2) is 4.39 Å². The van der Waals surface area contributed by atoms with Gasteiger partial charge in [-0.05, 0) is 50.6 Å². The van der Waals surface area contributed by atoms with Gasteiger partial charge in [0.05, 0.1) is 18.3 Å². The minimum absolute atomic E-state index is 0.0810. The number of carbonyl (C=O) groups is 1. The fraction of sp³-hybridized carbons (Fsp3) is 0.533. The Hall–Kier alpha value is -1.46. The number of amides is 1. The molecule has 0 aliphatic carbocycles. The molecule has 1 aliphatic heterocycles. The zero-order chi connectivity index (χ0) is 14.4. The van der Waals surface area contributed by atoms with Gasteiger partial charge in [-0.3, -0.25) is 4.79 Å². The van der Waals surface area contributed by atoms with E-state index in [9.17, 15) is 9.18 Å². The summed E-state index contributed by atoms with van der Waals surface area (Å²) in [5.74, 6) is -0.877. The van der Waals surface area contributed by atoms with Crippen molar-refractivity contribution in [3.05, 3.63) is 35.1 Å². The second-order valence-electron chi connectivity index (χ2n) is 5.06. The van der Waals surface area contributed by atoms with Crippen molar-refractivity contribution in [2.75, 3.05) is 26.2 Å². The van der Waals surface area contributed by atoms with E-state index in [0.29, 0.717) is 13.2 Å². The van der Waals surface area contributed by atoms with Crippen molar-refractivity contribution in [1.29, 1.82) is 0 Å². The van der Waals surface area contributed by atoms with E-state index < -0.39 is 11.7 Å². The second kappa shape index (κ2) is 7.36. The van der Waals surface area contributed by atoms with E-state index >= 15 is 0 Å². The van der Waals surface area contributed by atoms with E-state index in [1.165, 1.54) is 12.1 Å². The number of ether oxygens (including phenoxy) is 1. The molecule has 1 aliphatic rings. The van der Waals surface area contributed by atoms with Crippen LogP contribution in [0.15, 0.2) is 18.2 Å². The number of halogens is 1. The summed E-state index contributed by atoms with van der Waals surface area (Å²) in [4.78, 5) is 11.8. The van der Waals surface area contributed by atoms with Crippen molar-refractivity contribution in [1.82, 2.24) is 10.6 Å². The molecule has 4 nitrogen and oxygen atoms in total. The zero-order valence-electron chi connectivity index (χ0n) is 11.7. The summed E-state index contributed by atoms with van der Waals surface area (Å²) in [5.41, 5.74) is 0.880. The monoisotopic (exact) mass is 280 g/mol. The third kappa shape index (κ3) is 4.28. The van der Waals surface area contributed by atoms with Crippen molar-refractivity contribution < 1.29 is 13.9 Å². The minimum atomic E-state index is -0.484. The molecule has 0 aromatic heterocycles. The van der Waals surface area contributed by atoms with E-state index in [0.717, 1.165) is 31.5 Å². The quantitative estimate of drug-likeness (QED) is 0.806. The normalized spacial score (nSPS) is 16.1. The molecule has 1 aromatic rings. The van der Waals surface area contributed by atoms with E-state index in [4.69, 9.17) is 4.74 Å². The molecule has 110 valence electrons. The van der Waals surface area contributed by atoms with Crippen molar-refractivity contribution in [2.24, 2.45) is 0 Å². The van der Waals surface area contributed by atoms with Gasteiger partial charge in [0.25, 0.3) is 5.91 Å². The summed E-state index contributed by atoms with van der Waals surface area (Å²) in [6, 6.07) is 4.59. The van der Waals surface area contributed by atoms with Crippen molar-refractivity contribution in [3.8, 4) is 0 Å². The first kappa shape index (κ1) is 14.9. The van der Waals surface area contributed by atoms with Crippen LogP contribution in [0.5, 0.6) is 0 Å². The average Bonchev–Trinajstić information content (AvgIpc) is 2.44. The van der Waals surface area contributed by atoms with Crippen LogP contribution >= 0.6 is 0 Å². The van der Waals surface area contributed by atoms with Crippen molar-refractivity contribution in [3.63, 3.8) is 0 Å². The van der Waals surface area contributed by atoms with Gasteiger partial charge in [0.1, 0.15) is 5.82 Å². The topological polar surface area (TPSA) is 50.4 Å². The number of carbonyl (C=O) groups excluding carboxylic acids is 1. The molecule has 1 heterocycles. The SMILES string of the molecule is Cc1ccc(C(=O)NCCOC2CCNCC2)c(F)c1. The zero-order valence-corrected chi connectivity index (χ0v) is 11.7. The number of piperidine rings is 1. The number of hydrogen-bond donors (Lipinski definition) is 2. The van der Waals surface area contributed by atoms with Gasteiger partial charge in [0.15, 0.2) is 0 Å². The summed E-state index contributed by atoms with van der Waals surface area (Å²) >= 11 is 0. The minimum Gasteiger partial charge on any atom is -0.376 e. The molecule has 0 atom stereocenters. The van der Waals surface area contributed by atoms with Crippen LogP contribution in [0.4, 0.5) is 4.39 Å². The molecule has 2 rings (SSSR count). The van der Waals surface area contributed by atoms with Crippen LogP contribution in [0.1, 0.15) is 28.8 Å². The summed E-state index contributed by atoms with van der Waals surface area (Å²) in [5, 5.41) is 5.94. The molecule has 0 unspecified atom stereocenters. The Labute approximate surface area is 118 Å². The fourth-order valence-corrected chi connectivity index (χ4v) is 2.25. The predicted molar refractivity (Wildman–Crippen MR) is 75.3 cm³/mol. The van der Waals surface area contributed by atoms with Gasteiger partial charge in [0.2, 0.25) is 0 Å². The van der Waals surface area contributed by atoms with E-state index in [2.05, 4.69) is 10.6 Å². The molecule has 0 radical (unpaired) electrons. The highest BCUT2D eigenvalue weighted by Gasteiger charge is 2.14. The highest BCUT2D eigenvalue weighted by Crippen LogP contribution is 2.10. The maximum absolute atomic E-state index is 13.6. The highest BCUT2D eigenvalue weighted by atomic mass is 19.1. The number of nitrogens with one attached hydrogen (secondary N) is 2. The third-order valence-electron chi connectivity index (χ3n) is 3.40.